The number of aliphatic carboxylic acids is 2. The van der Waals surface area contributed by atoms with E-state index in [0.717, 1.165) is 16.5 Å². The fourth-order valence-corrected chi connectivity index (χ4v) is 12.7. The van der Waals surface area contributed by atoms with Crippen LogP contribution in [-0.2, 0) is 97.7 Å². The van der Waals surface area contributed by atoms with Gasteiger partial charge in [0.25, 0.3) is 0 Å². The first-order valence-electron chi connectivity index (χ1n) is 36.0. The van der Waals surface area contributed by atoms with E-state index in [0.29, 0.717) is 22.0 Å². The number of aliphatic hydroxyl groups is 1. The Labute approximate surface area is 656 Å². The normalized spacial score (nSPS) is 22.5. The van der Waals surface area contributed by atoms with Crippen molar-refractivity contribution in [1.82, 2.24) is 94.0 Å². The number of aromatic hydroxyl groups is 1. The molecule has 4 heterocycles. The van der Waals surface area contributed by atoms with Crippen molar-refractivity contribution in [1.29, 1.82) is 5.41 Å². The summed E-state index contributed by atoms with van der Waals surface area (Å²) in [4.78, 5) is 227. The molecule has 15 amide bonds. The van der Waals surface area contributed by atoms with Gasteiger partial charge >= 0.3 is 18.0 Å². The fraction of sp³-hybridized carbons (Fsp3) is 0.515. The molecule has 13 atom stereocenters. The first kappa shape index (κ1) is 90.0. The molecule has 2 aromatic heterocycles. The van der Waals surface area contributed by atoms with Gasteiger partial charge in [-0.25, -0.2) is 9.59 Å². The topological polar surface area (TPSA) is 688 Å². The number of aromatic amines is 1. The number of carbonyl (C=O) groups excluding carboxylic acids is 14. The molecule has 6 rings (SSSR count). The van der Waals surface area contributed by atoms with E-state index >= 15 is 4.79 Å². The number of hydrogen-bond acceptors (Lipinski definition) is 24. The highest BCUT2D eigenvalue weighted by Gasteiger charge is 2.43. The molecule has 2 aliphatic rings. The molecule has 2 aliphatic heterocycles. The lowest BCUT2D eigenvalue weighted by molar-refractivity contribution is -0.146. The second-order valence-electron chi connectivity index (χ2n) is 26.7. The standard InChI is InChI=1S/C68H97N23O20S2/c1-33(92)54-64(107)84-46(27-53(96)97)65(108)91-23-6-11-50(91)63(106)82-41(9-4-21-74-67(71)72)56(99)86-49(32-113)62(105)78-40(10-5-22-75-68(73)111)55(98)83-45(26-35-29-76-39-8-3-2-7-38(35)39)60(103)79-43(18-19-51(70)94)57(100)81-44(58(101)85-47(66(109)110)25-34-12-15-37(93)16-13-34)20-24-90-30-36(88-89-90)14-17-42(59(102)87-54)80-61(104)48(31-112)77-52(95)28-69/h2-3,7-8,12-13,15-16,29-30,33,40-50,54,76,92-93,112-113H,4-6,9-11,14,17-28,31-32,69H2,1H3,(H2,70,94)(H,77,95)(H,78,105)(H,79,103)(H,80,104)(H,81,100)(H,82,106)(H,83,98)(H,84,107)(H,85,101)(H,86,99)(H,87,102)(H,96,97)(H,109,110)(H4,71,72,74)(H3,73,75,111)/t33-,40+,41+,42+,43+,44?,45+,46+,47+,48+,49+,50+,54+/m1/s1. The largest absolute Gasteiger partial charge is 0.508 e. The number of phenolic OH excluding ortho intramolecular Hbond substituents is 1. The Morgan fingerprint density at radius 1 is 0.681 bits per heavy atom. The predicted molar refractivity (Wildman–Crippen MR) is 405 cm³/mol. The van der Waals surface area contributed by atoms with Crippen molar-refractivity contribution >= 4 is 137 Å². The van der Waals surface area contributed by atoms with Gasteiger partial charge in [-0.1, -0.05) is 35.5 Å². The highest BCUT2D eigenvalue weighted by atomic mass is 32.1. The van der Waals surface area contributed by atoms with Gasteiger partial charge in [-0.05, 0) is 100 Å². The Hall–Kier alpha value is -11.9. The highest BCUT2D eigenvalue weighted by Crippen LogP contribution is 2.23. The van der Waals surface area contributed by atoms with Gasteiger partial charge in [0.1, 0.15) is 78.3 Å². The number of aromatic nitrogens is 4. The van der Waals surface area contributed by atoms with Crippen molar-refractivity contribution in [2.24, 2.45) is 22.9 Å². The Bertz CT molecular complexity index is 4090. The van der Waals surface area contributed by atoms with Crippen LogP contribution in [0.1, 0.15) is 94.4 Å². The lowest BCUT2D eigenvalue weighted by atomic mass is 10.0. The van der Waals surface area contributed by atoms with Crippen molar-refractivity contribution in [2.45, 2.75) is 182 Å². The number of amides is 15. The van der Waals surface area contributed by atoms with Gasteiger partial charge in [-0.3, -0.25) is 77.2 Å². The van der Waals surface area contributed by atoms with E-state index in [1.54, 1.807) is 24.3 Å². The number of urea groups is 1. The van der Waals surface area contributed by atoms with Crippen LogP contribution in [0.3, 0.4) is 0 Å². The van der Waals surface area contributed by atoms with Crippen molar-refractivity contribution in [2.75, 3.05) is 37.7 Å². The minimum absolute atomic E-state index is 0.00218. The second kappa shape index (κ2) is 44.2. The molecule has 27 N–H and O–H groups in total. The Morgan fingerprint density at radius 3 is 1.89 bits per heavy atom. The molecule has 0 aliphatic carbocycles. The van der Waals surface area contributed by atoms with Gasteiger partial charge in [-0.15, -0.1) is 5.10 Å². The molecule has 2 aromatic carbocycles. The molecule has 1 saturated heterocycles. The van der Waals surface area contributed by atoms with Crippen molar-refractivity contribution in [3.8, 4) is 5.75 Å². The van der Waals surface area contributed by atoms with Crippen molar-refractivity contribution in [3.05, 3.63) is 77.7 Å². The van der Waals surface area contributed by atoms with E-state index in [1.165, 1.54) is 36.7 Å². The summed E-state index contributed by atoms with van der Waals surface area (Å²) in [5.74, 6) is -18.7. The average Bonchev–Trinajstić information content (AvgIpc) is 1.63. The number of rotatable bonds is 27. The van der Waals surface area contributed by atoms with Crippen LogP contribution in [-0.4, -0.2) is 262 Å². The molecule has 1 unspecified atom stereocenters. The smallest absolute Gasteiger partial charge is 0.326 e. The van der Waals surface area contributed by atoms with Gasteiger partial charge in [0, 0.05) is 80.2 Å². The zero-order valence-electron chi connectivity index (χ0n) is 61.4. The van der Waals surface area contributed by atoms with Crippen LogP contribution in [0.2, 0.25) is 0 Å². The average molecular weight is 1620 g/mol. The minimum Gasteiger partial charge on any atom is -0.508 e. The number of guanidine groups is 1. The quantitative estimate of drug-likeness (QED) is 0.0114. The van der Waals surface area contributed by atoms with Gasteiger partial charge < -0.3 is 122 Å². The molecule has 0 spiro atoms. The second-order valence-corrected chi connectivity index (χ2v) is 27.5. The number of fused-ring (bicyclic) bond motifs is 4. The fourth-order valence-electron chi connectivity index (χ4n) is 12.2. The number of nitrogens with zero attached hydrogens (tertiary/aromatic N) is 4. The monoisotopic (exact) mass is 1620 g/mol. The third-order valence-corrected chi connectivity index (χ3v) is 18.9. The van der Waals surface area contributed by atoms with E-state index in [1.807, 2.05) is 0 Å². The molecule has 2 bridgehead atoms. The maximum absolute atomic E-state index is 15.1. The minimum atomic E-state index is -2.05. The Balaban J connectivity index is 1.47. The number of thiol groups is 2. The number of primary amides is 2. The molecule has 113 heavy (non-hydrogen) atoms. The molecule has 45 heteroatoms. The lowest BCUT2D eigenvalue weighted by Crippen LogP contribution is -2.62. The summed E-state index contributed by atoms with van der Waals surface area (Å²) in [6.07, 6.45) is -3.90. The van der Waals surface area contributed by atoms with E-state index in [-0.39, 0.29) is 101 Å². The molecule has 616 valence electrons. The number of carboxylic acid groups (broad SMARTS) is 2. The number of hydrogen-bond donors (Lipinski definition) is 25. The Morgan fingerprint density at radius 2 is 1.28 bits per heavy atom. The molecule has 0 saturated carbocycles. The number of aryl methyl sites for hydroxylation is 2. The van der Waals surface area contributed by atoms with Crippen LogP contribution >= 0.6 is 25.3 Å². The SMILES string of the molecule is C[C@@H](O)[C@@H]1NC(=O)[C@@H](NC(=O)[C@H](CS)NC(=O)CN)CCc2cn(nn2)CCC(C(=O)N[C@@H](Cc2ccc(O)cc2)C(=O)O)NC(=O)[C@H](CCC(N)=O)NC(=O)[C@H](Cc2c[nH]c3ccccc23)NC(=O)[C@H](CCCNC(N)=O)NC(=O)[C@H](CS)NC(=O)[C@H](CCCNC(=N)N)NC(=O)[C@@H]2CCCN2C(=O)[C@H](CC(=O)O)NC1=O. The summed E-state index contributed by atoms with van der Waals surface area (Å²) in [7, 11) is 0. The van der Waals surface area contributed by atoms with Crippen LogP contribution in [0.4, 0.5) is 4.79 Å². The number of nitrogens with one attached hydrogen (secondary N) is 15. The Kier molecular flexibility index (Phi) is 35.2. The van der Waals surface area contributed by atoms with Crippen LogP contribution in [0.5, 0.6) is 5.75 Å². The third-order valence-electron chi connectivity index (χ3n) is 18.2. The molecule has 4 aromatic rings. The van der Waals surface area contributed by atoms with Crippen LogP contribution in [0.25, 0.3) is 10.9 Å². The van der Waals surface area contributed by atoms with Gasteiger partial charge in [0.2, 0.25) is 76.8 Å². The molecule has 1 fully saturated rings. The number of H-pyrrole nitrogens is 1. The number of benzene rings is 2. The summed E-state index contributed by atoms with van der Waals surface area (Å²) in [6, 6.07) is -9.42. The zero-order chi connectivity index (χ0) is 83.2. The molecular weight excluding hydrogens is 1520 g/mol. The molecule has 43 nitrogen and oxygen atoms in total. The molecular formula is C68H97N23O20S2. The summed E-state index contributed by atoms with van der Waals surface area (Å²) < 4.78 is 1.16. The number of aliphatic hydroxyl groups excluding tert-OH is 1. The summed E-state index contributed by atoms with van der Waals surface area (Å²) in [6.45, 7) is -0.318. The van der Waals surface area contributed by atoms with E-state index in [2.05, 4.69) is 110 Å². The number of carbonyl (C=O) groups is 16. The first-order chi connectivity index (χ1) is 53.7. The first-order valence-corrected chi connectivity index (χ1v) is 37.2. The van der Waals surface area contributed by atoms with Crippen LogP contribution in [0, 0.1) is 5.41 Å². The van der Waals surface area contributed by atoms with Gasteiger partial charge in [0.05, 0.1) is 24.8 Å². The maximum atomic E-state index is 15.1. The maximum Gasteiger partial charge on any atom is 0.326 e. The summed E-state index contributed by atoms with van der Waals surface area (Å²) in [5.41, 5.74) is 23.3. The van der Waals surface area contributed by atoms with E-state index < -0.39 is 224 Å². The van der Waals surface area contributed by atoms with Crippen LogP contribution < -0.4 is 92.1 Å². The number of nitrogens with two attached hydrogens (primary N) is 4. The highest BCUT2D eigenvalue weighted by molar-refractivity contribution is 7.80. The predicted octanol–water partition coefficient (Wildman–Crippen LogP) is -7.65. The van der Waals surface area contributed by atoms with Crippen LogP contribution in [0.15, 0.2) is 60.9 Å². The van der Waals surface area contributed by atoms with Crippen molar-refractivity contribution < 1.29 is 97.1 Å². The number of carboxylic acids is 2. The molecule has 0 radical (unpaired) electrons. The lowest BCUT2D eigenvalue weighted by Gasteiger charge is -2.31. The van der Waals surface area contributed by atoms with Gasteiger partial charge in [0.15, 0.2) is 5.96 Å². The number of phenols is 1. The third kappa shape index (κ3) is 28.4. The summed E-state index contributed by atoms with van der Waals surface area (Å²) >= 11 is 8.49. The number of para-hydroxylation sites is 1. The van der Waals surface area contributed by atoms with E-state index in [4.69, 9.17) is 28.3 Å². The van der Waals surface area contributed by atoms with Crippen molar-refractivity contribution in [3.63, 3.8) is 0 Å². The summed E-state index contributed by atoms with van der Waals surface area (Å²) in [5, 5.41) is 90.1. The van der Waals surface area contributed by atoms with E-state index in [9.17, 15) is 92.3 Å². The van der Waals surface area contributed by atoms with Gasteiger partial charge in [-0.2, -0.15) is 25.3 Å². The zero-order valence-corrected chi connectivity index (χ0v) is 63.2.